The molecule has 7 N–H and O–H groups in total. The summed E-state index contributed by atoms with van der Waals surface area (Å²) in [5, 5.41) is 48.5. The molecule has 1 fully saturated rings. The number of nitrogens with one attached hydrogen (secondary N) is 3. The number of carbonyl (C=O) groups excluding carboxylic acids is 6. The average Bonchev–Trinajstić information content (AvgIpc) is 3.56. The van der Waals surface area contributed by atoms with Gasteiger partial charge in [0.05, 0.1) is 18.1 Å². The van der Waals surface area contributed by atoms with E-state index in [1.54, 1.807) is 78.1 Å². The number of esters is 1. The second kappa shape index (κ2) is 22.1. The second-order valence-electron chi connectivity index (χ2n) is 16.8. The number of imide groups is 1. The minimum Gasteiger partial charge on any atom is -0.491 e. The second-order valence-corrected chi connectivity index (χ2v) is 16.8. The highest BCUT2D eigenvalue weighted by molar-refractivity contribution is 6.15. The number of ether oxygens (including phenoxy) is 4. The summed E-state index contributed by atoms with van der Waals surface area (Å²) in [6.45, 7) is 10.3. The fraction of sp³-hybridized carbons (Fsp3) is 0.523. The zero-order valence-electron chi connectivity index (χ0n) is 36.4. The van der Waals surface area contributed by atoms with Gasteiger partial charge in [0.1, 0.15) is 55.4 Å². The van der Waals surface area contributed by atoms with Crippen LogP contribution < -0.4 is 20.7 Å². The third-order valence-corrected chi connectivity index (χ3v) is 10.5. The molecule has 19 heteroatoms. The highest BCUT2D eigenvalue weighted by Gasteiger charge is 2.46. The van der Waals surface area contributed by atoms with Gasteiger partial charge in [-0.1, -0.05) is 32.0 Å². The Kier molecular flexibility index (Phi) is 17.5. The predicted octanol–water partition coefficient (Wildman–Crippen LogP) is 0.789. The fourth-order valence-electron chi connectivity index (χ4n) is 6.74. The molecule has 344 valence electrons. The van der Waals surface area contributed by atoms with E-state index in [0.717, 1.165) is 17.1 Å². The van der Waals surface area contributed by atoms with Crippen molar-refractivity contribution in [1.29, 1.82) is 0 Å². The summed E-state index contributed by atoms with van der Waals surface area (Å²) in [6.07, 6.45) is -6.21. The monoisotopic (exact) mass is 882 g/mol. The van der Waals surface area contributed by atoms with E-state index in [-0.39, 0.29) is 31.6 Å². The molecule has 2 aromatic rings. The lowest BCUT2D eigenvalue weighted by atomic mass is 9.91. The van der Waals surface area contributed by atoms with Gasteiger partial charge < -0.3 is 55.3 Å². The molecule has 0 saturated carbocycles. The molecular formula is C44H58N4O15. The minimum absolute atomic E-state index is 0.0465. The normalized spacial score (nSPS) is 21.4. The number of anilines is 1. The van der Waals surface area contributed by atoms with Crippen LogP contribution in [-0.2, 0) is 67.2 Å². The maximum atomic E-state index is 13.9. The largest absolute Gasteiger partial charge is 0.491 e. The molecule has 19 nitrogen and oxygen atoms in total. The number of carbonyl (C=O) groups is 7. The van der Waals surface area contributed by atoms with Crippen molar-refractivity contribution in [1.82, 2.24) is 15.5 Å². The van der Waals surface area contributed by atoms with Crippen LogP contribution >= 0.6 is 0 Å². The lowest BCUT2D eigenvalue weighted by molar-refractivity contribution is -0.228. The van der Waals surface area contributed by atoms with Gasteiger partial charge in [-0.05, 0) is 87.4 Å². The highest BCUT2D eigenvalue weighted by Crippen LogP contribution is 2.28. The smallest absolute Gasteiger partial charge is 0.335 e. The van der Waals surface area contributed by atoms with Gasteiger partial charge in [0.25, 0.3) is 11.8 Å². The van der Waals surface area contributed by atoms with Gasteiger partial charge in [-0.15, -0.1) is 0 Å². The number of aryl methyl sites for hydroxylation is 1. The van der Waals surface area contributed by atoms with E-state index in [2.05, 4.69) is 16.0 Å². The zero-order valence-corrected chi connectivity index (χ0v) is 36.4. The Morgan fingerprint density at radius 2 is 1.48 bits per heavy atom. The molecule has 1 saturated heterocycles. The molecular weight excluding hydrogens is 824 g/mol. The van der Waals surface area contributed by atoms with Gasteiger partial charge in [0.2, 0.25) is 17.7 Å². The van der Waals surface area contributed by atoms with Crippen LogP contribution in [0.4, 0.5) is 5.69 Å². The number of aliphatic carboxylic acids is 1. The summed E-state index contributed by atoms with van der Waals surface area (Å²) in [4.78, 5) is 91.7. The van der Waals surface area contributed by atoms with Crippen molar-refractivity contribution in [3.63, 3.8) is 0 Å². The molecule has 2 aliphatic rings. The number of carboxylic acid groups (broad SMARTS) is 1. The number of rotatable bonds is 20. The molecule has 4 rings (SSSR count). The van der Waals surface area contributed by atoms with Gasteiger partial charge in [0.15, 0.2) is 6.10 Å². The molecule has 0 bridgehead atoms. The van der Waals surface area contributed by atoms with Crippen LogP contribution in [0.5, 0.6) is 5.75 Å². The third-order valence-electron chi connectivity index (χ3n) is 10.5. The van der Waals surface area contributed by atoms with E-state index >= 15 is 0 Å². The Balaban J connectivity index is 1.47. The maximum Gasteiger partial charge on any atom is 0.335 e. The van der Waals surface area contributed by atoms with E-state index in [4.69, 9.17) is 18.9 Å². The zero-order chi connectivity index (χ0) is 46.8. The SMILES string of the molecule is COCCOc1ccc(C[C@H](C(=O)N[C@@H](C(=O)N[C@H](C)C(=O)Nc2ccc(COC(=O)C(C)(C)C)c(CC[C@@H]3O[C@H](C(=O)O)[C@@H](O)[C@H](O)[C@H]3O)c2)C(C)C)N2C(=O)C=CC2=O)cc1. The number of hydrogen-bond donors (Lipinski definition) is 7. The van der Waals surface area contributed by atoms with Crippen molar-refractivity contribution in [2.45, 2.75) is 116 Å². The van der Waals surface area contributed by atoms with Crippen LogP contribution in [0.15, 0.2) is 54.6 Å². The van der Waals surface area contributed by atoms with Crippen LogP contribution in [0.1, 0.15) is 64.7 Å². The lowest BCUT2D eigenvalue weighted by Crippen LogP contribution is -2.59. The average molecular weight is 883 g/mol. The Bertz CT molecular complexity index is 2000. The van der Waals surface area contributed by atoms with Crippen molar-refractivity contribution in [3.05, 3.63) is 71.3 Å². The summed E-state index contributed by atoms with van der Waals surface area (Å²) in [7, 11) is 1.55. The van der Waals surface area contributed by atoms with Gasteiger partial charge in [-0.25, -0.2) is 4.79 Å². The van der Waals surface area contributed by atoms with E-state index < -0.39 is 101 Å². The Morgan fingerprint density at radius 3 is 2.06 bits per heavy atom. The van der Waals surface area contributed by atoms with Gasteiger partial charge in [0, 0.05) is 31.4 Å². The topological polar surface area (TPSA) is 277 Å². The van der Waals surface area contributed by atoms with Crippen molar-refractivity contribution in [2.75, 3.05) is 25.6 Å². The van der Waals surface area contributed by atoms with E-state index in [1.807, 2.05) is 0 Å². The lowest BCUT2D eigenvalue weighted by Gasteiger charge is -2.39. The quantitative estimate of drug-likeness (QED) is 0.0550. The van der Waals surface area contributed by atoms with Gasteiger partial charge in [-0.3, -0.25) is 33.7 Å². The van der Waals surface area contributed by atoms with E-state index in [9.17, 15) is 54.0 Å². The Labute approximate surface area is 365 Å². The number of aliphatic hydroxyl groups is 3. The predicted molar refractivity (Wildman–Crippen MR) is 224 cm³/mol. The molecule has 0 radical (unpaired) electrons. The first-order valence-corrected chi connectivity index (χ1v) is 20.5. The molecule has 0 spiro atoms. The molecule has 0 unspecified atom stereocenters. The van der Waals surface area contributed by atoms with Crippen LogP contribution in [-0.4, -0.2) is 136 Å². The van der Waals surface area contributed by atoms with Crippen LogP contribution in [0.3, 0.4) is 0 Å². The first-order valence-electron chi connectivity index (χ1n) is 20.5. The standard InChI is InChI=1S/C44H58N4O15/c1-23(2)34(47-40(55)30(48-32(49)16-17-33(48)50)20-25-8-13-29(14-9-25)61-19-18-60-7)41(56)45-24(3)39(54)46-28-12-10-27(22-62-43(59)44(4,5)6)26(21-28)11-15-31-35(51)36(52)37(53)38(63-31)42(57)58/h8-10,12-14,16-17,21,23-24,30-31,34-38,51-53H,11,15,18-20,22H2,1-7H3,(H,45,56)(H,46,54)(H,47,55)(H,57,58)/t24-,30-,31+,34-,35+,36-,37+,38+/m1/s1. The molecule has 5 amide bonds. The third kappa shape index (κ3) is 13.4. The molecule has 8 atom stereocenters. The first-order chi connectivity index (χ1) is 29.6. The van der Waals surface area contributed by atoms with Crippen molar-refractivity contribution < 1.29 is 72.9 Å². The Hall–Kier alpha value is -5.73. The summed E-state index contributed by atoms with van der Waals surface area (Å²) >= 11 is 0. The number of hydrogen-bond acceptors (Lipinski definition) is 14. The summed E-state index contributed by atoms with van der Waals surface area (Å²) in [5.74, 6) is -5.52. The highest BCUT2D eigenvalue weighted by atomic mass is 16.6. The van der Waals surface area contributed by atoms with Crippen LogP contribution in [0.25, 0.3) is 0 Å². The molecule has 63 heavy (non-hydrogen) atoms. The molecule has 2 aliphatic heterocycles. The van der Waals surface area contributed by atoms with Crippen LogP contribution in [0.2, 0.25) is 0 Å². The molecule has 2 heterocycles. The number of nitrogens with zero attached hydrogens (tertiary/aromatic N) is 1. The number of carboxylic acids is 1. The van der Waals surface area contributed by atoms with Crippen molar-refractivity contribution in [2.24, 2.45) is 11.3 Å². The summed E-state index contributed by atoms with van der Waals surface area (Å²) in [6, 6.07) is 7.75. The molecule has 0 aliphatic carbocycles. The fourth-order valence-corrected chi connectivity index (χ4v) is 6.74. The van der Waals surface area contributed by atoms with E-state index in [1.165, 1.54) is 13.0 Å². The Morgan fingerprint density at radius 1 is 0.825 bits per heavy atom. The number of methoxy groups -OCH3 is 1. The maximum absolute atomic E-state index is 13.9. The number of benzene rings is 2. The minimum atomic E-state index is -1.86. The number of amides is 5. The van der Waals surface area contributed by atoms with Gasteiger partial charge in [-0.2, -0.15) is 0 Å². The van der Waals surface area contributed by atoms with Crippen molar-refractivity contribution in [3.8, 4) is 5.75 Å². The summed E-state index contributed by atoms with van der Waals surface area (Å²) < 4.78 is 21.5. The van der Waals surface area contributed by atoms with Crippen molar-refractivity contribution >= 4 is 47.2 Å². The number of aliphatic hydroxyl groups excluding tert-OH is 3. The molecule has 0 aromatic heterocycles. The first kappa shape index (κ1) is 49.9. The van der Waals surface area contributed by atoms with Crippen LogP contribution in [0, 0.1) is 11.3 Å². The summed E-state index contributed by atoms with van der Waals surface area (Å²) in [5.41, 5.74) is 1.06. The molecule has 2 aromatic carbocycles. The van der Waals surface area contributed by atoms with E-state index in [0.29, 0.717) is 35.7 Å². The van der Waals surface area contributed by atoms with Gasteiger partial charge >= 0.3 is 11.9 Å².